The number of halogens is 1. The van der Waals surface area contributed by atoms with Crippen LogP contribution in [0.4, 0.5) is 0 Å². The number of amides is 1. The maximum atomic E-state index is 12.4. The minimum Gasteiger partial charge on any atom is -0.345 e. The van der Waals surface area contributed by atoms with Crippen molar-refractivity contribution in [3.63, 3.8) is 0 Å². The first-order valence-corrected chi connectivity index (χ1v) is 8.67. The van der Waals surface area contributed by atoms with Gasteiger partial charge in [0.15, 0.2) is 0 Å². The highest BCUT2D eigenvalue weighted by molar-refractivity contribution is 7.89. The Hall–Kier alpha value is -1.09. The third-order valence-corrected chi connectivity index (χ3v) is 4.77. The van der Waals surface area contributed by atoms with Crippen LogP contribution in [0.3, 0.4) is 0 Å². The fourth-order valence-corrected chi connectivity index (χ4v) is 3.50. The number of hydrogen-bond acceptors (Lipinski definition) is 4. The Labute approximate surface area is 144 Å². The normalized spacial score (nSPS) is 12.8. The summed E-state index contributed by atoms with van der Waals surface area (Å²) in [5.74, 6) is 0.0828. The first-order chi connectivity index (χ1) is 10.1. The monoisotopic (exact) mass is 366 g/mol. The van der Waals surface area contributed by atoms with Crippen LogP contribution >= 0.6 is 12.4 Å². The maximum Gasteiger partial charge on any atom is 0.269 e. The summed E-state index contributed by atoms with van der Waals surface area (Å²) in [4.78, 5) is 13.5. The van der Waals surface area contributed by atoms with Gasteiger partial charge in [-0.1, -0.05) is 13.8 Å². The van der Waals surface area contributed by atoms with Crippen molar-refractivity contribution in [1.82, 2.24) is 14.2 Å². The largest absolute Gasteiger partial charge is 0.345 e. The molecule has 0 aliphatic rings. The second-order valence-electron chi connectivity index (χ2n) is 6.05. The third kappa shape index (κ3) is 5.80. The summed E-state index contributed by atoms with van der Waals surface area (Å²) < 4.78 is 29.0. The quantitative estimate of drug-likeness (QED) is 0.745. The molecule has 0 aromatic carbocycles. The lowest BCUT2D eigenvalue weighted by Gasteiger charge is -2.18. The van der Waals surface area contributed by atoms with E-state index in [0.717, 1.165) is 0 Å². The predicted octanol–water partition coefficient (Wildman–Crippen LogP) is 0.800. The molecule has 0 radical (unpaired) electrons. The fraction of sp³-hybridized carbons (Fsp3) is 0.643. The van der Waals surface area contributed by atoms with Gasteiger partial charge in [0.2, 0.25) is 10.0 Å². The number of hydrogen-bond donors (Lipinski definition) is 2. The van der Waals surface area contributed by atoms with E-state index in [-0.39, 0.29) is 35.8 Å². The molecule has 7 nitrogen and oxygen atoms in total. The average molecular weight is 367 g/mol. The second-order valence-corrected chi connectivity index (χ2v) is 7.77. The van der Waals surface area contributed by atoms with Gasteiger partial charge in [-0.2, -0.15) is 0 Å². The van der Waals surface area contributed by atoms with E-state index in [9.17, 15) is 13.2 Å². The van der Waals surface area contributed by atoms with Gasteiger partial charge < -0.3 is 15.2 Å². The lowest BCUT2D eigenvalue weighted by atomic mass is 10.1. The molecule has 1 rings (SSSR count). The first kappa shape index (κ1) is 21.9. The van der Waals surface area contributed by atoms with E-state index in [2.05, 4.69) is 4.72 Å². The molecule has 1 aromatic rings. The van der Waals surface area contributed by atoms with Crippen LogP contribution in [0.5, 0.6) is 0 Å². The zero-order valence-electron chi connectivity index (χ0n) is 14.2. The number of nitrogens with zero attached hydrogens (tertiary/aromatic N) is 2. The third-order valence-electron chi connectivity index (χ3n) is 3.28. The van der Waals surface area contributed by atoms with Gasteiger partial charge >= 0.3 is 0 Å². The van der Waals surface area contributed by atoms with Crippen molar-refractivity contribution in [1.29, 1.82) is 0 Å². The van der Waals surface area contributed by atoms with Gasteiger partial charge in [0.25, 0.3) is 5.91 Å². The zero-order valence-corrected chi connectivity index (χ0v) is 15.9. The van der Waals surface area contributed by atoms with Gasteiger partial charge in [-0.05, 0) is 18.4 Å². The Morgan fingerprint density at radius 1 is 1.39 bits per heavy atom. The molecule has 1 heterocycles. The molecule has 0 aliphatic carbocycles. The molecule has 0 spiro atoms. The molecule has 1 amide bonds. The Bertz CT molecular complexity index is 626. The lowest BCUT2D eigenvalue weighted by molar-refractivity contribution is 0.0818. The minimum absolute atomic E-state index is 0. The number of nitrogens with two attached hydrogens (primary N) is 1. The topological polar surface area (TPSA) is 97.4 Å². The van der Waals surface area contributed by atoms with E-state index in [1.165, 1.54) is 21.7 Å². The molecular formula is C14H27ClN4O3S. The number of nitrogens with one attached hydrogen (secondary N) is 1. The van der Waals surface area contributed by atoms with Crippen LogP contribution < -0.4 is 10.5 Å². The molecule has 0 aliphatic heterocycles. The van der Waals surface area contributed by atoms with Gasteiger partial charge in [-0.25, -0.2) is 13.1 Å². The molecule has 23 heavy (non-hydrogen) atoms. The molecule has 0 saturated heterocycles. The van der Waals surface area contributed by atoms with Crippen LogP contribution in [0.25, 0.3) is 0 Å². The summed E-state index contributed by atoms with van der Waals surface area (Å²) in [6, 6.07) is 1.06. The number of carbonyl (C=O) groups is 1. The van der Waals surface area contributed by atoms with Crippen LogP contribution in [0.1, 0.15) is 30.8 Å². The molecule has 0 saturated carbocycles. The Balaban J connectivity index is 0.00000484. The van der Waals surface area contributed by atoms with Crippen LogP contribution in [0.15, 0.2) is 17.2 Å². The summed E-state index contributed by atoms with van der Waals surface area (Å²) in [5.41, 5.74) is 5.95. The Kier molecular flexibility index (Phi) is 8.26. The number of sulfonamides is 1. The summed E-state index contributed by atoms with van der Waals surface area (Å²) in [6.45, 7) is 4.24. The van der Waals surface area contributed by atoms with E-state index >= 15 is 0 Å². The number of aryl methyl sites for hydroxylation is 1. The average Bonchev–Trinajstić information content (AvgIpc) is 2.79. The van der Waals surface area contributed by atoms with Crippen molar-refractivity contribution >= 4 is 28.3 Å². The van der Waals surface area contributed by atoms with Crippen LogP contribution in [-0.4, -0.2) is 50.5 Å². The molecule has 0 bridgehead atoms. The summed E-state index contributed by atoms with van der Waals surface area (Å²) in [5, 5.41) is 0. The summed E-state index contributed by atoms with van der Waals surface area (Å²) >= 11 is 0. The maximum absolute atomic E-state index is 12.4. The number of aromatic nitrogens is 1. The lowest BCUT2D eigenvalue weighted by Crippen LogP contribution is -2.40. The van der Waals surface area contributed by atoms with Crippen molar-refractivity contribution in [2.75, 3.05) is 20.6 Å². The highest BCUT2D eigenvalue weighted by Gasteiger charge is 2.24. The van der Waals surface area contributed by atoms with Crippen LogP contribution in [0, 0.1) is 5.92 Å². The van der Waals surface area contributed by atoms with Crippen LogP contribution in [0.2, 0.25) is 0 Å². The molecule has 134 valence electrons. The highest BCUT2D eigenvalue weighted by atomic mass is 35.5. The summed E-state index contributed by atoms with van der Waals surface area (Å²) in [7, 11) is 1.18. The number of carbonyl (C=O) groups excluding carboxylic acids is 1. The Morgan fingerprint density at radius 3 is 2.39 bits per heavy atom. The van der Waals surface area contributed by atoms with Gasteiger partial charge in [0, 0.05) is 39.9 Å². The Morgan fingerprint density at radius 2 is 1.96 bits per heavy atom. The van der Waals surface area contributed by atoms with Crippen molar-refractivity contribution in [2.45, 2.75) is 31.2 Å². The molecule has 9 heteroatoms. The first-order valence-electron chi connectivity index (χ1n) is 7.19. The highest BCUT2D eigenvalue weighted by Crippen LogP contribution is 2.16. The van der Waals surface area contributed by atoms with Gasteiger partial charge in [-0.15, -0.1) is 12.4 Å². The minimum atomic E-state index is -3.70. The molecule has 1 atom stereocenters. The van der Waals surface area contributed by atoms with E-state index < -0.39 is 10.0 Å². The molecule has 0 fully saturated rings. The van der Waals surface area contributed by atoms with Crippen molar-refractivity contribution < 1.29 is 13.2 Å². The molecule has 3 N–H and O–H groups in total. The SMILES string of the molecule is CC(C)CC(CN)NS(=O)(=O)c1cc(C(=O)N(C)C)n(C)c1.Cl. The van der Waals surface area contributed by atoms with E-state index in [1.807, 2.05) is 13.8 Å². The van der Waals surface area contributed by atoms with E-state index in [0.29, 0.717) is 18.0 Å². The molecule has 1 aromatic heterocycles. The standard InChI is InChI=1S/C14H26N4O3S.ClH/c1-10(2)6-11(8-15)16-22(20,21)12-7-13(18(5)9-12)14(19)17(3)4;/h7,9-11,16H,6,8,15H2,1-5H3;1H. The smallest absolute Gasteiger partial charge is 0.269 e. The fourth-order valence-electron chi connectivity index (χ4n) is 2.17. The van der Waals surface area contributed by atoms with Crippen LogP contribution in [-0.2, 0) is 17.1 Å². The predicted molar refractivity (Wildman–Crippen MR) is 93.3 cm³/mol. The van der Waals surface area contributed by atoms with Gasteiger partial charge in [-0.3, -0.25) is 4.79 Å². The summed E-state index contributed by atoms with van der Waals surface area (Å²) in [6.07, 6.45) is 2.09. The zero-order chi connectivity index (χ0) is 17.1. The van der Waals surface area contributed by atoms with Gasteiger partial charge in [0.1, 0.15) is 10.6 Å². The van der Waals surface area contributed by atoms with Crippen molar-refractivity contribution in [2.24, 2.45) is 18.7 Å². The van der Waals surface area contributed by atoms with E-state index in [4.69, 9.17) is 5.73 Å². The second kappa shape index (κ2) is 8.68. The number of rotatable bonds is 7. The van der Waals surface area contributed by atoms with E-state index in [1.54, 1.807) is 21.1 Å². The molecular weight excluding hydrogens is 340 g/mol. The molecule has 1 unspecified atom stereocenters. The van der Waals surface area contributed by atoms with Crippen molar-refractivity contribution in [3.8, 4) is 0 Å². The van der Waals surface area contributed by atoms with Crippen molar-refractivity contribution in [3.05, 3.63) is 18.0 Å². The van der Waals surface area contributed by atoms with Gasteiger partial charge in [0.05, 0.1) is 0 Å².